The molecule has 1 aromatic rings. The Hall–Kier alpha value is -1.56. The van der Waals surface area contributed by atoms with Gasteiger partial charge in [-0.2, -0.15) is 13.2 Å². The molecule has 0 aromatic heterocycles. The monoisotopic (exact) mass is 274 g/mol. The summed E-state index contributed by atoms with van der Waals surface area (Å²) in [6.45, 7) is 3.86. The molecule has 0 saturated heterocycles. The maximum atomic E-state index is 12.8. The van der Waals surface area contributed by atoms with Gasteiger partial charge in [0.1, 0.15) is 0 Å². The lowest BCUT2D eigenvalue weighted by Gasteiger charge is -2.19. The van der Waals surface area contributed by atoms with Gasteiger partial charge in [-0.3, -0.25) is 4.79 Å². The van der Waals surface area contributed by atoms with Crippen LogP contribution in [0.15, 0.2) is 24.3 Å². The highest BCUT2D eigenvalue weighted by atomic mass is 19.4. The number of benzene rings is 1. The molecule has 1 unspecified atom stereocenters. The van der Waals surface area contributed by atoms with Crippen LogP contribution in [0.3, 0.4) is 0 Å². The molecule has 3 nitrogen and oxygen atoms in total. The minimum absolute atomic E-state index is 0.0127. The van der Waals surface area contributed by atoms with Crippen molar-refractivity contribution in [1.82, 2.24) is 10.6 Å². The molecule has 0 saturated carbocycles. The van der Waals surface area contributed by atoms with Crippen LogP contribution in [0.1, 0.15) is 31.0 Å². The summed E-state index contributed by atoms with van der Waals surface area (Å²) in [7, 11) is 0. The van der Waals surface area contributed by atoms with Crippen LogP contribution in [0.25, 0.3) is 0 Å². The van der Waals surface area contributed by atoms with E-state index in [-0.39, 0.29) is 18.0 Å². The molecule has 0 fully saturated rings. The molecule has 0 aliphatic heterocycles. The summed E-state index contributed by atoms with van der Waals surface area (Å²) in [6, 6.07) is 4.80. The second kappa shape index (κ2) is 6.56. The van der Waals surface area contributed by atoms with Gasteiger partial charge in [0.2, 0.25) is 5.91 Å². The Morgan fingerprint density at radius 3 is 2.53 bits per heavy atom. The number of nitrogens with one attached hydrogen (secondary N) is 2. The van der Waals surface area contributed by atoms with Crippen molar-refractivity contribution in [2.75, 3.05) is 13.1 Å². The lowest BCUT2D eigenvalue weighted by molar-refractivity contribution is -0.138. The summed E-state index contributed by atoms with van der Waals surface area (Å²) in [5.74, 6) is -0.237. The fourth-order valence-electron chi connectivity index (χ4n) is 1.75. The largest absolute Gasteiger partial charge is 0.416 e. The second-order valence-electron chi connectivity index (χ2n) is 4.14. The zero-order valence-corrected chi connectivity index (χ0v) is 10.8. The average molecular weight is 274 g/mol. The Kier molecular flexibility index (Phi) is 5.35. The zero-order valence-electron chi connectivity index (χ0n) is 10.8. The molecule has 0 radical (unpaired) electrons. The highest BCUT2D eigenvalue weighted by Gasteiger charge is 2.34. The molecule has 1 rings (SSSR count). The molecule has 1 atom stereocenters. The maximum absolute atomic E-state index is 12.8. The van der Waals surface area contributed by atoms with E-state index in [0.29, 0.717) is 6.54 Å². The fourth-order valence-corrected chi connectivity index (χ4v) is 1.75. The van der Waals surface area contributed by atoms with Crippen molar-refractivity contribution in [3.63, 3.8) is 0 Å². The van der Waals surface area contributed by atoms with Gasteiger partial charge in [-0.15, -0.1) is 0 Å². The van der Waals surface area contributed by atoms with E-state index in [9.17, 15) is 18.0 Å². The maximum Gasteiger partial charge on any atom is 0.416 e. The van der Waals surface area contributed by atoms with E-state index in [1.165, 1.54) is 12.1 Å². The normalized spacial score (nSPS) is 13.1. The van der Waals surface area contributed by atoms with Crippen LogP contribution in [0, 0.1) is 0 Å². The predicted molar refractivity (Wildman–Crippen MR) is 66.5 cm³/mol. The summed E-state index contributed by atoms with van der Waals surface area (Å²) in [4.78, 5) is 11.3. The third kappa shape index (κ3) is 4.55. The van der Waals surface area contributed by atoms with Crippen molar-refractivity contribution < 1.29 is 18.0 Å². The molecule has 106 valence electrons. The van der Waals surface area contributed by atoms with Crippen molar-refractivity contribution in [2.45, 2.75) is 26.1 Å². The summed E-state index contributed by atoms with van der Waals surface area (Å²) in [5.41, 5.74) is -0.537. The van der Waals surface area contributed by atoms with E-state index in [0.717, 1.165) is 6.07 Å². The highest BCUT2D eigenvalue weighted by molar-refractivity contribution is 5.77. The standard InChI is InChI=1S/C13H17F3N2O/c1-3-17-12(19)8-18-9(2)10-6-4-5-7-11(10)13(14,15)16/h4-7,9,18H,3,8H2,1-2H3,(H,17,19). The third-order valence-electron chi connectivity index (χ3n) is 2.68. The molecular formula is C13H17F3N2O. The summed E-state index contributed by atoms with van der Waals surface area (Å²) < 4.78 is 38.5. The van der Waals surface area contributed by atoms with Gasteiger partial charge in [0.25, 0.3) is 0 Å². The van der Waals surface area contributed by atoms with Gasteiger partial charge in [0.15, 0.2) is 0 Å². The Morgan fingerprint density at radius 1 is 1.32 bits per heavy atom. The second-order valence-corrected chi connectivity index (χ2v) is 4.14. The highest BCUT2D eigenvalue weighted by Crippen LogP contribution is 2.34. The smallest absolute Gasteiger partial charge is 0.355 e. The number of hydrogen-bond donors (Lipinski definition) is 2. The van der Waals surface area contributed by atoms with Crippen LogP contribution in [0.5, 0.6) is 0 Å². The summed E-state index contributed by atoms with van der Waals surface area (Å²) in [6.07, 6.45) is -4.39. The van der Waals surface area contributed by atoms with Crippen molar-refractivity contribution in [3.05, 3.63) is 35.4 Å². The number of rotatable bonds is 5. The van der Waals surface area contributed by atoms with Gasteiger partial charge in [0, 0.05) is 12.6 Å². The minimum atomic E-state index is -4.39. The molecule has 2 N–H and O–H groups in total. The van der Waals surface area contributed by atoms with E-state index < -0.39 is 17.8 Å². The van der Waals surface area contributed by atoms with Crippen molar-refractivity contribution in [2.24, 2.45) is 0 Å². The van der Waals surface area contributed by atoms with Gasteiger partial charge < -0.3 is 10.6 Å². The molecule has 0 heterocycles. The lowest BCUT2D eigenvalue weighted by atomic mass is 10.0. The molecule has 0 spiro atoms. The number of halogens is 3. The molecule has 1 amide bonds. The molecule has 19 heavy (non-hydrogen) atoms. The molecule has 0 bridgehead atoms. The first-order valence-corrected chi connectivity index (χ1v) is 6.02. The SMILES string of the molecule is CCNC(=O)CNC(C)c1ccccc1C(F)(F)F. The number of carbonyl (C=O) groups is 1. The van der Waals surface area contributed by atoms with Crippen molar-refractivity contribution in [1.29, 1.82) is 0 Å². The minimum Gasteiger partial charge on any atom is -0.355 e. The van der Waals surface area contributed by atoms with Crippen molar-refractivity contribution >= 4 is 5.91 Å². The molecule has 0 aliphatic carbocycles. The Bertz CT molecular complexity index is 432. The van der Waals surface area contributed by atoms with E-state index in [2.05, 4.69) is 10.6 Å². The van der Waals surface area contributed by atoms with Gasteiger partial charge in [-0.25, -0.2) is 0 Å². The molecule has 1 aromatic carbocycles. The Morgan fingerprint density at radius 2 is 1.95 bits per heavy atom. The number of amides is 1. The third-order valence-corrected chi connectivity index (χ3v) is 2.68. The number of carbonyl (C=O) groups excluding carboxylic acids is 1. The quantitative estimate of drug-likeness (QED) is 0.866. The fraction of sp³-hybridized carbons (Fsp3) is 0.462. The zero-order chi connectivity index (χ0) is 14.5. The van der Waals surface area contributed by atoms with Crippen LogP contribution < -0.4 is 10.6 Å². The first kappa shape index (κ1) is 15.5. The number of hydrogen-bond acceptors (Lipinski definition) is 2. The number of alkyl halides is 3. The molecular weight excluding hydrogens is 257 g/mol. The lowest BCUT2D eigenvalue weighted by Crippen LogP contribution is -2.35. The van der Waals surface area contributed by atoms with E-state index in [1.54, 1.807) is 19.9 Å². The van der Waals surface area contributed by atoms with Crippen molar-refractivity contribution in [3.8, 4) is 0 Å². The summed E-state index contributed by atoms with van der Waals surface area (Å²) >= 11 is 0. The van der Waals surface area contributed by atoms with Gasteiger partial charge in [-0.1, -0.05) is 18.2 Å². The van der Waals surface area contributed by atoms with Gasteiger partial charge >= 0.3 is 6.18 Å². The van der Waals surface area contributed by atoms with E-state index >= 15 is 0 Å². The summed E-state index contributed by atoms with van der Waals surface area (Å²) in [5, 5.41) is 5.36. The van der Waals surface area contributed by atoms with Gasteiger partial charge in [0.05, 0.1) is 12.1 Å². The van der Waals surface area contributed by atoms with Crippen LogP contribution in [0.2, 0.25) is 0 Å². The van der Waals surface area contributed by atoms with Crippen LogP contribution in [0.4, 0.5) is 13.2 Å². The number of likely N-dealkylation sites (N-methyl/N-ethyl adjacent to an activating group) is 1. The average Bonchev–Trinajstić information content (AvgIpc) is 2.35. The Labute approximate surface area is 110 Å². The molecule has 0 aliphatic rings. The first-order valence-electron chi connectivity index (χ1n) is 6.02. The van der Waals surface area contributed by atoms with Gasteiger partial charge in [-0.05, 0) is 25.5 Å². The predicted octanol–water partition coefficient (Wildman–Crippen LogP) is 2.49. The molecule has 6 heteroatoms. The van der Waals surface area contributed by atoms with Crippen LogP contribution >= 0.6 is 0 Å². The van der Waals surface area contributed by atoms with Crippen LogP contribution in [-0.2, 0) is 11.0 Å². The topological polar surface area (TPSA) is 41.1 Å². The van der Waals surface area contributed by atoms with Crippen LogP contribution in [-0.4, -0.2) is 19.0 Å². The Balaban J connectivity index is 2.77. The first-order chi connectivity index (χ1) is 8.86. The van der Waals surface area contributed by atoms with E-state index in [1.807, 2.05) is 0 Å². The van der Waals surface area contributed by atoms with E-state index in [4.69, 9.17) is 0 Å².